The van der Waals surface area contributed by atoms with Crippen LogP contribution in [0.5, 0.6) is 5.75 Å². The molecule has 1 atom stereocenters. The smallest absolute Gasteiger partial charge is 0.126 e. The molecule has 0 bridgehead atoms. The molecule has 2 aromatic rings. The van der Waals surface area contributed by atoms with E-state index in [1.807, 2.05) is 36.4 Å². The maximum absolute atomic E-state index is 9.76. The van der Waals surface area contributed by atoms with E-state index < -0.39 is 6.10 Å². The van der Waals surface area contributed by atoms with Gasteiger partial charge in [-0.25, -0.2) is 0 Å². The molecule has 1 aliphatic carbocycles. The summed E-state index contributed by atoms with van der Waals surface area (Å²) in [4.78, 5) is 0. The average molecular weight is 298 g/mol. The lowest BCUT2D eigenvalue weighted by molar-refractivity contribution is 0.0947. The summed E-state index contributed by atoms with van der Waals surface area (Å²) < 4.78 is 6.12. The van der Waals surface area contributed by atoms with Crippen LogP contribution in [-0.4, -0.2) is 22.9 Å². The molecule has 0 heterocycles. The van der Waals surface area contributed by atoms with Gasteiger partial charge in [0.05, 0.1) is 12.7 Å². The SMILES string of the molecule is OCC(O)Cc1ccc2c(c1OCc1ccccc1)CCC2. The largest absolute Gasteiger partial charge is 0.488 e. The van der Waals surface area contributed by atoms with Crippen molar-refractivity contribution in [3.63, 3.8) is 0 Å². The fourth-order valence-corrected chi connectivity index (χ4v) is 3.07. The summed E-state index contributed by atoms with van der Waals surface area (Å²) in [6.07, 6.45) is 2.97. The Hall–Kier alpha value is -1.84. The zero-order chi connectivity index (χ0) is 15.4. The summed E-state index contributed by atoms with van der Waals surface area (Å²) in [7, 11) is 0. The first-order valence-corrected chi connectivity index (χ1v) is 7.87. The molecule has 0 aromatic heterocycles. The summed E-state index contributed by atoms with van der Waals surface area (Å²) in [6, 6.07) is 14.3. The van der Waals surface area contributed by atoms with Gasteiger partial charge in [0, 0.05) is 6.42 Å². The lowest BCUT2D eigenvalue weighted by Gasteiger charge is -2.17. The van der Waals surface area contributed by atoms with Crippen molar-refractivity contribution in [3.05, 3.63) is 64.7 Å². The Morgan fingerprint density at radius 2 is 1.86 bits per heavy atom. The third-order valence-corrected chi connectivity index (χ3v) is 4.20. The first kappa shape index (κ1) is 15.1. The summed E-state index contributed by atoms with van der Waals surface area (Å²) in [5, 5.41) is 18.9. The molecule has 22 heavy (non-hydrogen) atoms. The number of hydrogen-bond acceptors (Lipinski definition) is 3. The molecule has 2 aromatic carbocycles. The maximum atomic E-state index is 9.76. The fourth-order valence-electron chi connectivity index (χ4n) is 3.07. The van der Waals surface area contributed by atoms with Gasteiger partial charge in [0.2, 0.25) is 0 Å². The molecule has 0 saturated carbocycles. The molecule has 0 fully saturated rings. The van der Waals surface area contributed by atoms with Crippen LogP contribution in [0.1, 0.15) is 28.7 Å². The average Bonchev–Trinajstić information content (AvgIpc) is 3.03. The molecule has 0 aliphatic heterocycles. The molecule has 116 valence electrons. The second-order valence-electron chi connectivity index (χ2n) is 5.86. The number of benzene rings is 2. The summed E-state index contributed by atoms with van der Waals surface area (Å²) in [6.45, 7) is 0.300. The van der Waals surface area contributed by atoms with Gasteiger partial charge in [0.1, 0.15) is 12.4 Å². The van der Waals surface area contributed by atoms with E-state index in [-0.39, 0.29) is 6.61 Å². The molecule has 3 rings (SSSR count). The van der Waals surface area contributed by atoms with E-state index in [4.69, 9.17) is 9.84 Å². The van der Waals surface area contributed by atoms with Gasteiger partial charge >= 0.3 is 0 Å². The Balaban J connectivity index is 1.85. The monoisotopic (exact) mass is 298 g/mol. The zero-order valence-corrected chi connectivity index (χ0v) is 12.7. The topological polar surface area (TPSA) is 49.7 Å². The quantitative estimate of drug-likeness (QED) is 0.862. The lowest BCUT2D eigenvalue weighted by Crippen LogP contribution is -2.16. The maximum Gasteiger partial charge on any atom is 0.126 e. The van der Waals surface area contributed by atoms with Crippen LogP contribution in [0.3, 0.4) is 0 Å². The highest BCUT2D eigenvalue weighted by Gasteiger charge is 2.20. The lowest BCUT2D eigenvalue weighted by atomic mass is 10.00. The number of hydrogen-bond donors (Lipinski definition) is 2. The molecule has 3 nitrogen and oxygen atoms in total. The van der Waals surface area contributed by atoms with Crippen LogP contribution >= 0.6 is 0 Å². The summed E-state index contributed by atoms with van der Waals surface area (Å²) in [5.74, 6) is 0.909. The van der Waals surface area contributed by atoms with Crippen LogP contribution in [0.2, 0.25) is 0 Å². The second kappa shape index (κ2) is 6.95. The van der Waals surface area contributed by atoms with E-state index in [0.29, 0.717) is 13.0 Å². The molecule has 0 radical (unpaired) electrons. The van der Waals surface area contributed by atoms with Crippen LogP contribution in [0, 0.1) is 0 Å². The molecular formula is C19H22O3. The molecule has 2 N–H and O–H groups in total. The first-order chi connectivity index (χ1) is 10.8. The minimum absolute atomic E-state index is 0.227. The summed E-state index contributed by atoms with van der Waals surface area (Å²) >= 11 is 0. The van der Waals surface area contributed by atoms with Crippen molar-refractivity contribution in [1.29, 1.82) is 0 Å². The third kappa shape index (κ3) is 3.32. The van der Waals surface area contributed by atoms with E-state index in [9.17, 15) is 5.11 Å². The standard InChI is InChI=1S/C19H22O3/c20-12-17(21)11-16-10-9-15-7-4-8-18(15)19(16)22-13-14-5-2-1-3-6-14/h1-3,5-6,9-10,17,20-21H,4,7-8,11-13H2. The number of aliphatic hydroxyl groups is 2. The van der Waals surface area contributed by atoms with Gasteiger partial charge in [-0.3, -0.25) is 0 Å². The predicted molar refractivity (Wildman–Crippen MR) is 86.0 cm³/mol. The number of rotatable bonds is 6. The Morgan fingerprint density at radius 1 is 1.05 bits per heavy atom. The van der Waals surface area contributed by atoms with Crippen LogP contribution in [0.25, 0.3) is 0 Å². The van der Waals surface area contributed by atoms with Crippen LogP contribution < -0.4 is 4.74 Å². The molecule has 0 amide bonds. The molecule has 0 saturated heterocycles. The van der Waals surface area contributed by atoms with E-state index >= 15 is 0 Å². The first-order valence-electron chi connectivity index (χ1n) is 7.87. The van der Waals surface area contributed by atoms with Crippen LogP contribution in [0.4, 0.5) is 0 Å². The Labute approximate surface area is 131 Å². The zero-order valence-electron chi connectivity index (χ0n) is 12.7. The van der Waals surface area contributed by atoms with Crippen molar-refractivity contribution in [3.8, 4) is 5.75 Å². The predicted octanol–water partition coefficient (Wildman–Crippen LogP) is 2.65. The number of aryl methyl sites for hydroxylation is 1. The highest BCUT2D eigenvalue weighted by Crippen LogP contribution is 2.35. The second-order valence-corrected chi connectivity index (χ2v) is 5.86. The molecule has 0 spiro atoms. The van der Waals surface area contributed by atoms with E-state index in [1.165, 1.54) is 11.1 Å². The van der Waals surface area contributed by atoms with Gasteiger partial charge < -0.3 is 14.9 Å². The summed E-state index contributed by atoms with van der Waals surface area (Å²) in [5.41, 5.74) is 4.74. The highest BCUT2D eigenvalue weighted by molar-refractivity contribution is 5.49. The van der Waals surface area contributed by atoms with Gasteiger partial charge in [0.25, 0.3) is 0 Å². The fraction of sp³-hybridized carbons (Fsp3) is 0.368. The van der Waals surface area contributed by atoms with Crippen molar-refractivity contribution in [2.45, 2.75) is 38.4 Å². The Morgan fingerprint density at radius 3 is 2.64 bits per heavy atom. The minimum atomic E-state index is -0.737. The van der Waals surface area contributed by atoms with Gasteiger partial charge in [0.15, 0.2) is 0 Å². The van der Waals surface area contributed by atoms with E-state index in [2.05, 4.69) is 6.07 Å². The third-order valence-electron chi connectivity index (χ3n) is 4.20. The highest BCUT2D eigenvalue weighted by atomic mass is 16.5. The number of aliphatic hydroxyl groups excluding tert-OH is 2. The Bertz CT molecular complexity index is 622. The van der Waals surface area contributed by atoms with Gasteiger partial charge in [-0.1, -0.05) is 42.5 Å². The van der Waals surface area contributed by atoms with Crippen molar-refractivity contribution in [2.75, 3.05) is 6.61 Å². The molecule has 3 heteroatoms. The molecule has 1 aliphatic rings. The van der Waals surface area contributed by atoms with Crippen molar-refractivity contribution < 1.29 is 14.9 Å². The van der Waals surface area contributed by atoms with Gasteiger partial charge in [-0.15, -0.1) is 0 Å². The minimum Gasteiger partial charge on any atom is -0.488 e. The molecule has 1 unspecified atom stereocenters. The molecular weight excluding hydrogens is 276 g/mol. The van der Waals surface area contributed by atoms with Crippen molar-refractivity contribution in [2.24, 2.45) is 0 Å². The number of ether oxygens (including phenoxy) is 1. The van der Waals surface area contributed by atoms with Crippen molar-refractivity contribution >= 4 is 0 Å². The van der Waals surface area contributed by atoms with Crippen molar-refractivity contribution in [1.82, 2.24) is 0 Å². The Kier molecular flexibility index (Phi) is 4.76. The number of fused-ring (bicyclic) bond motifs is 1. The van der Waals surface area contributed by atoms with Crippen LogP contribution in [0.15, 0.2) is 42.5 Å². The van der Waals surface area contributed by atoms with E-state index in [1.54, 1.807) is 0 Å². The van der Waals surface area contributed by atoms with E-state index in [0.717, 1.165) is 36.1 Å². The normalized spacial score (nSPS) is 14.6. The van der Waals surface area contributed by atoms with Crippen LogP contribution in [-0.2, 0) is 25.9 Å². The van der Waals surface area contributed by atoms with Gasteiger partial charge in [-0.05, 0) is 41.5 Å². The van der Waals surface area contributed by atoms with Gasteiger partial charge in [-0.2, -0.15) is 0 Å².